The molecule has 2 amide bonds. The minimum atomic E-state index is -0.759. The fourth-order valence-electron chi connectivity index (χ4n) is 4.80. The topological polar surface area (TPSA) is 70.1 Å². The van der Waals surface area contributed by atoms with Gasteiger partial charge in [0.2, 0.25) is 11.8 Å². The number of rotatable bonds is 5. The normalized spacial score (nSPS) is 23.0. The van der Waals surface area contributed by atoms with Crippen LogP contribution in [-0.2, 0) is 16.1 Å². The van der Waals surface area contributed by atoms with E-state index in [-0.39, 0.29) is 23.7 Å². The molecule has 0 unspecified atom stereocenters. The standard InChI is InChI=1S/C22H30N2O4/c1-28-18-5-3-17(4-6-18)15-24-16-21(13-19(24)25)9-11-23(12-10-21)20(26)14-22(27)7-2-8-22/h3-6,27H,2,7-16H2,1H3. The number of piperidine rings is 1. The van der Waals surface area contributed by atoms with Crippen molar-refractivity contribution in [3.05, 3.63) is 29.8 Å². The highest BCUT2D eigenvalue weighted by molar-refractivity contribution is 5.80. The maximum absolute atomic E-state index is 12.6. The molecule has 2 aliphatic heterocycles. The molecule has 6 nitrogen and oxygen atoms in total. The number of carbonyl (C=O) groups is 2. The van der Waals surface area contributed by atoms with Crippen LogP contribution in [0.5, 0.6) is 5.75 Å². The number of methoxy groups -OCH3 is 1. The molecular weight excluding hydrogens is 356 g/mol. The summed E-state index contributed by atoms with van der Waals surface area (Å²) < 4.78 is 5.19. The third kappa shape index (κ3) is 3.88. The van der Waals surface area contributed by atoms with Gasteiger partial charge in [0.25, 0.3) is 0 Å². The van der Waals surface area contributed by atoms with Gasteiger partial charge in [0, 0.05) is 38.0 Å². The van der Waals surface area contributed by atoms with E-state index in [4.69, 9.17) is 4.74 Å². The molecule has 3 aliphatic rings. The van der Waals surface area contributed by atoms with Crippen molar-refractivity contribution < 1.29 is 19.4 Å². The molecule has 6 heteroatoms. The van der Waals surface area contributed by atoms with E-state index in [0.717, 1.165) is 50.0 Å². The van der Waals surface area contributed by atoms with Gasteiger partial charge in [-0.15, -0.1) is 0 Å². The van der Waals surface area contributed by atoms with Crippen LogP contribution in [0.15, 0.2) is 24.3 Å². The highest BCUT2D eigenvalue weighted by Crippen LogP contribution is 2.42. The molecule has 1 N–H and O–H groups in total. The van der Waals surface area contributed by atoms with Crippen LogP contribution in [-0.4, -0.2) is 59.1 Å². The van der Waals surface area contributed by atoms with Crippen molar-refractivity contribution in [2.75, 3.05) is 26.7 Å². The summed E-state index contributed by atoms with van der Waals surface area (Å²) in [5, 5.41) is 10.3. The second-order valence-corrected chi connectivity index (χ2v) is 8.91. The smallest absolute Gasteiger partial charge is 0.225 e. The Morgan fingerprint density at radius 3 is 2.39 bits per heavy atom. The molecule has 0 radical (unpaired) electrons. The maximum atomic E-state index is 12.6. The molecule has 0 bridgehead atoms. The molecule has 1 aromatic carbocycles. The summed E-state index contributed by atoms with van der Waals surface area (Å²) in [5.74, 6) is 1.09. The van der Waals surface area contributed by atoms with Gasteiger partial charge < -0.3 is 19.6 Å². The lowest BCUT2D eigenvalue weighted by molar-refractivity contribution is -0.142. The molecule has 1 aliphatic carbocycles. The molecule has 1 saturated carbocycles. The van der Waals surface area contributed by atoms with Gasteiger partial charge in [0.1, 0.15) is 5.75 Å². The molecule has 1 spiro atoms. The highest BCUT2D eigenvalue weighted by atomic mass is 16.5. The zero-order valence-corrected chi connectivity index (χ0v) is 16.7. The Hall–Kier alpha value is -2.08. The number of nitrogens with zero attached hydrogens (tertiary/aromatic N) is 2. The van der Waals surface area contributed by atoms with E-state index < -0.39 is 5.60 Å². The molecule has 4 rings (SSSR count). The van der Waals surface area contributed by atoms with Crippen molar-refractivity contribution in [2.24, 2.45) is 5.41 Å². The van der Waals surface area contributed by atoms with Crippen molar-refractivity contribution in [1.82, 2.24) is 9.80 Å². The van der Waals surface area contributed by atoms with E-state index in [9.17, 15) is 14.7 Å². The van der Waals surface area contributed by atoms with E-state index in [1.165, 1.54) is 0 Å². The third-order valence-corrected chi connectivity index (χ3v) is 6.88. The van der Waals surface area contributed by atoms with Gasteiger partial charge in [-0.2, -0.15) is 0 Å². The number of ether oxygens (including phenoxy) is 1. The monoisotopic (exact) mass is 386 g/mol. The second-order valence-electron chi connectivity index (χ2n) is 8.91. The average Bonchev–Trinajstić information content (AvgIpc) is 2.96. The van der Waals surface area contributed by atoms with E-state index in [2.05, 4.69) is 0 Å². The number of aliphatic hydroxyl groups is 1. The summed E-state index contributed by atoms with van der Waals surface area (Å²) >= 11 is 0. The van der Waals surface area contributed by atoms with Gasteiger partial charge in [0.05, 0.1) is 19.1 Å². The molecule has 2 saturated heterocycles. The number of likely N-dealkylation sites (tertiary alicyclic amines) is 2. The first-order chi connectivity index (χ1) is 13.4. The van der Waals surface area contributed by atoms with E-state index in [1.807, 2.05) is 34.1 Å². The first-order valence-corrected chi connectivity index (χ1v) is 10.3. The lowest BCUT2D eigenvalue weighted by Crippen LogP contribution is -2.48. The predicted octanol–water partition coefficient (Wildman–Crippen LogP) is 2.34. The first kappa shape index (κ1) is 19.2. The minimum absolute atomic E-state index is 0.00624. The van der Waals surface area contributed by atoms with Gasteiger partial charge in [-0.3, -0.25) is 9.59 Å². The van der Waals surface area contributed by atoms with Gasteiger partial charge in [0.15, 0.2) is 0 Å². The Kier molecular flexibility index (Phi) is 5.08. The molecular formula is C22H30N2O4. The molecule has 0 atom stereocenters. The molecule has 1 aromatic rings. The van der Waals surface area contributed by atoms with Crippen LogP contribution in [0.3, 0.4) is 0 Å². The van der Waals surface area contributed by atoms with Crippen LogP contribution in [0, 0.1) is 5.41 Å². The maximum Gasteiger partial charge on any atom is 0.225 e. The summed E-state index contributed by atoms with van der Waals surface area (Å²) in [6, 6.07) is 7.85. The Morgan fingerprint density at radius 1 is 1.14 bits per heavy atom. The number of amides is 2. The summed E-state index contributed by atoms with van der Waals surface area (Å²) in [5.41, 5.74) is 0.339. The first-order valence-electron chi connectivity index (χ1n) is 10.3. The van der Waals surface area contributed by atoms with Crippen LogP contribution in [0.2, 0.25) is 0 Å². The lowest BCUT2D eigenvalue weighted by atomic mass is 9.76. The molecule has 0 aromatic heterocycles. The summed E-state index contributed by atoms with van der Waals surface area (Å²) in [7, 11) is 1.65. The summed E-state index contributed by atoms with van der Waals surface area (Å²) in [4.78, 5) is 29.0. The lowest BCUT2D eigenvalue weighted by Gasteiger charge is -2.41. The van der Waals surface area contributed by atoms with Gasteiger partial charge in [-0.1, -0.05) is 12.1 Å². The van der Waals surface area contributed by atoms with Gasteiger partial charge >= 0.3 is 0 Å². The van der Waals surface area contributed by atoms with Crippen LogP contribution in [0.4, 0.5) is 0 Å². The number of carbonyl (C=O) groups excluding carboxylic acids is 2. The van der Waals surface area contributed by atoms with Crippen molar-refractivity contribution in [1.29, 1.82) is 0 Å². The van der Waals surface area contributed by atoms with Crippen molar-refractivity contribution >= 4 is 11.8 Å². The molecule has 28 heavy (non-hydrogen) atoms. The Morgan fingerprint density at radius 2 is 1.82 bits per heavy atom. The van der Waals surface area contributed by atoms with Crippen molar-refractivity contribution in [3.8, 4) is 5.75 Å². The largest absolute Gasteiger partial charge is 0.497 e. The highest BCUT2D eigenvalue weighted by Gasteiger charge is 2.46. The average molecular weight is 386 g/mol. The minimum Gasteiger partial charge on any atom is -0.497 e. The SMILES string of the molecule is COc1ccc(CN2CC3(CCN(C(=O)CC4(O)CCC4)CC3)CC2=O)cc1. The number of hydrogen-bond acceptors (Lipinski definition) is 4. The summed E-state index contributed by atoms with van der Waals surface area (Å²) in [6.07, 6.45) is 5.05. The molecule has 152 valence electrons. The van der Waals surface area contributed by atoms with Crippen molar-refractivity contribution in [2.45, 2.75) is 57.1 Å². The van der Waals surface area contributed by atoms with Crippen LogP contribution >= 0.6 is 0 Å². The second kappa shape index (κ2) is 7.39. The predicted molar refractivity (Wildman–Crippen MR) is 105 cm³/mol. The van der Waals surface area contributed by atoms with E-state index >= 15 is 0 Å². The van der Waals surface area contributed by atoms with E-state index in [0.29, 0.717) is 26.1 Å². The van der Waals surface area contributed by atoms with E-state index in [1.54, 1.807) is 7.11 Å². The van der Waals surface area contributed by atoms with Crippen LogP contribution in [0.1, 0.15) is 50.5 Å². The quantitative estimate of drug-likeness (QED) is 0.843. The Balaban J connectivity index is 1.31. The third-order valence-electron chi connectivity index (χ3n) is 6.88. The zero-order valence-electron chi connectivity index (χ0n) is 16.7. The fourth-order valence-corrected chi connectivity index (χ4v) is 4.80. The van der Waals surface area contributed by atoms with Crippen LogP contribution in [0.25, 0.3) is 0 Å². The zero-order chi connectivity index (χ0) is 19.8. The van der Waals surface area contributed by atoms with Gasteiger partial charge in [-0.05, 0) is 49.8 Å². The van der Waals surface area contributed by atoms with Crippen LogP contribution < -0.4 is 4.74 Å². The van der Waals surface area contributed by atoms with Crippen molar-refractivity contribution in [3.63, 3.8) is 0 Å². The Labute approximate surface area is 166 Å². The fraction of sp³-hybridized carbons (Fsp3) is 0.636. The number of hydrogen-bond donors (Lipinski definition) is 1. The van der Waals surface area contributed by atoms with Gasteiger partial charge in [-0.25, -0.2) is 0 Å². The summed E-state index contributed by atoms with van der Waals surface area (Å²) in [6.45, 7) is 2.78. The Bertz CT molecular complexity index is 733. The number of benzene rings is 1. The molecule has 2 heterocycles. The molecule has 3 fully saturated rings.